The molecule has 30 heavy (non-hydrogen) atoms. The molecule has 2 saturated heterocycles. The van der Waals surface area contributed by atoms with Gasteiger partial charge in [0.1, 0.15) is 6.10 Å². The van der Waals surface area contributed by atoms with Gasteiger partial charge in [-0.05, 0) is 30.5 Å². The minimum absolute atomic E-state index is 0.124. The maximum atomic E-state index is 12.6. The smallest absolute Gasteiger partial charge is 0.338 e. The van der Waals surface area contributed by atoms with E-state index < -0.39 is 23.9 Å². The molecule has 2 aromatic rings. The molecular weight excluding hydrogens is 402 g/mol. The lowest BCUT2D eigenvalue weighted by Gasteiger charge is -2.43. The van der Waals surface area contributed by atoms with Crippen LogP contribution in [0.1, 0.15) is 35.2 Å². The Morgan fingerprint density at radius 1 is 1.17 bits per heavy atom. The summed E-state index contributed by atoms with van der Waals surface area (Å²) >= 11 is 1.12. The van der Waals surface area contributed by atoms with E-state index in [-0.39, 0.29) is 17.8 Å². The number of nitrogens with one attached hydrogen (secondary N) is 1. The average Bonchev–Trinajstić information content (AvgIpc) is 3.21. The van der Waals surface area contributed by atoms with Gasteiger partial charge in [0, 0.05) is 18.6 Å². The summed E-state index contributed by atoms with van der Waals surface area (Å²) in [6.45, 7) is 0. The molecule has 6 nitrogen and oxygen atoms in total. The summed E-state index contributed by atoms with van der Waals surface area (Å²) in [5, 5.41) is 13.9. The van der Waals surface area contributed by atoms with E-state index in [0.717, 1.165) is 18.2 Å². The number of aryl methyl sites for hydroxylation is 1. The lowest BCUT2D eigenvalue weighted by Crippen LogP contribution is -2.58. The molecule has 0 spiro atoms. The fourth-order valence-corrected chi connectivity index (χ4v) is 4.86. The highest BCUT2D eigenvalue weighted by Gasteiger charge is 2.49. The highest BCUT2D eigenvalue weighted by molar-refractivity contribution is 8.14. The van der Waals surface area contributed by atoms with Gasteiger partial charge >= 0.3 is 5.97 Å². The van der Waals surface area contributed by atoms with Gasteiger partial charge in [-0.1, -0.05) is 60.3 Å². The maximum absolute atomic E-state index is 12.6. The van der Waals surface area contributed by atoms with E-state index in [2.05, 4.69) is 17.4 Å². The van der Waals surface area contributed by atoms with Crippen molar-refractivity contribution in [2.24, 2.45) is 0 Å². The van der Waals surface area contributed by atoms with Gasteiger partial charge in [0.25, 0.3) is 5.24 Å². The summed E-state index contributed by atoms with van der Waals surface area (Å²) in [5.74, 6) is -1.57. The first-order valence-electron chi connectivity index (χ1n) is 10.2. The number of rotatable bonds is 6. The molecule has 2 aromatic carbocycles. The number of benzene rings is 2. The molecule has 7 heteroatoms. The number of hydrogen-bond donors (Lipinski definition) is 2. The third kappa shape index (κ3) is 5.03. The second kappa shape index (κ2) is 9.20. The topological polar surface area (TPSA) is 84.9 Å². The number of carbonyl (C=O) groups is 2. The molecule has 0 radical (unpaired) electrons. The van der Waals surface area contributed by atoms with E-state index in [1.807, 2.05) is 24.3 Å². The second-order valence-electron chi connectivity index (χ2n) is 7.74. The van der Waals surface area contributed by atoms with Crippen molar-refractivity contribution in [3.05, 3.63) is 71.8 Å². The number of hydrogen-bond acceptors (Lipinski definition) is 6. The van der Waals surface area contributed by atoms with E-state index in [1.165, 1.54) is 5.56 Å². The van der Waals surface area contributed by atoms with Gasteiger partial charge in [-0.3, -0.25) is 4.79 Å². The van der Waals surface area contributed by atoms with Crippen molar-refractivity contribution < 1.29 is 24.2 Å². The molecule has 0 bridgehead atoms. The maximum Gasteiger partial charge on any atom is 0.338 e. The Balaban J connectivity index is 1.47. The normalized spacial score (nSPS) is 28.7. The third-order valence-corrected chi connectivity index (χ3v) is 6.40. The van der Waals surface area contributed by atoms with Crippen molar-refractivity contribution in [2.75, 3.05) is 5.75 Å². The molecule has 158 valence electrons. The van der Waals surface area contributed by atoms with Crippen LogP contribution < -0.4 is 5.32 Å². The Labute approximate surface area is 180 Å². The molecule has 0 unspecified atom stereocenters. The number of amides is 1. The fraction of sp³-hybridized carbons (Fsp3) is 0.391. The van der Waals surface area contributed by atoms with Crippen molar-refractivity contribution in [3.63, 3.8) is 0 Å². The van der Waals surface area contributed by atoms with Gasteiger partial charge < -0.3 is 19.9 Å². The summed E-state index contributed by atoms with van der Waals surface area (Å²) in [6.07, 6.45) is 1.30. The highest BCUT2D eigenvalue weighted by atomic mass is 32.2. The average molecular weight is 428 g/mol. The molecule has 1 amide bonds. The van der Waals surface area contributed by atoms with Crippen molar-refractivity contribution in [3.8, 4) is 0 Å². The van der Waals surface area contributed by atoms with Crippen LogP contribution in [0.25, 0.3) is 0 Å². The fourth-order valence-electron chi connectivity index (χ4n) is 3.97. The molecule has 2 fully saturated rings. The number of ether oxygens (including phenoxy) is 2. The monoisotopic (exact) mass is 427 g/mol. The lowest BCUT2D eigenvalue weighted by molar-refractivity contribution is -0.281. The van der Waals surface area contributed by atoms with Crippen LogP contribution in [0.2, 0.25) is 0 Å². The summed E-state index contributed by atoms with van der Waals surface area (Å²) in [5.41, 5.74) is 1.65. The molecule has 4 atom stereocenters. The van der Waals surface area contributed by atoms with Crippen molar-refractivity contribution in [1.29, 1.82) is 0 Å². The SMILES string of the molecule is O=C1N[C@H]([C@@]2(O)C[C@H](OC(=O)c3ccccc3)C[C@@H](CCc3ccccc3)O2)CS1. The zero-order chi connectivity index (χ0) is 21.0. The second-order valence-corrected chi connectivity index (χ2v) is 8.73. The van der Waals surface area contributed by atoms with Crippen LogP contribution in [0.3, 0.4) is 0 Å². The Bertz CT molecular complexity index is 878. The molecule has 4 rings (SSSR count). The van der Waals surface area contributed by atoms with Crippen LogP contribution in [0.5, 0.6) is 0 Å². The Hall–Kier alpha value is -2.35. The zero-order valence-electron chi connectivity index (χ0n) is 16.5. The van der Waals surface area contributed by atoms with E-state index >= 15 is 0 Å². The van der Waals surface area contributed by atoms with Gasteiger partial charge in [-0.25, -0.2) is 4.79 Å². The largest absolute Gasteiger partial charge is 0.458 e. The minimum Gasteiger partial charge on any atom is -0.458 e. The van der Waals surface area contributed by atoms with Crippen LogP contribution >= 0.6 is 11.8 Å². The predicted octanol–water partition coefficient (Wildman–Crippen LogP) is 3.54. The number of aliphatic hydroxyl groups is 1. The van der Waals surface area contributed by atoms with Crippen molar-refractivity contribution in [1.82, 2.24) is 5.32 Å². The summed E-state index contributed by atoms with van der Waals surface area (Å²) in [6, 6.07) is 18.3. The van der Waals surface area contributed by atoms with E-state index in [1.54, 1.807) is 24.3 Å². The summed E-state index contributed by atoms with van der Waals surface area (Å²) in [4.78, 5) is 24.2. The quantitative estimate of drug-likeness (QED) is 0.686. The first-order valence-corrected chi connectivity index (χ1v) is 11.1. The molecule has 2 aliphatic rings. The molecular formula is C23H25NO5S. The number of esters is 1. The van der Waals surface area contributed by atoms with Crippen LogP contribution in [0.15, 0.2) is 60.7 Å². The van der Waals surface area contributed by atoms with Crippen LogP contribution in [-0.2, 0) is 15.9 Å². The minimum atomic E-state index is -1.57. The highest BCUT2D eigenvalue weighted by Crippen LogP contribution is 2.36. The van der Waals surface area contributed by atoms with E-state index in [4.69, 9.17) is 9.47 Å². The first-order chi connectivity index (χ1) is 14.5. The van der Waals surface area contributed by atoms with Gasteiger partial charge in [0.2, 0.25) is 0 Å². The lowest BCUT2D eigenvalue weighted by atomic mass is 9.91. The number of carbonyl (C=O) groups excluding carboxylic acids is 2. The zero-order valence-corrected chi connectivity index (χ0v) is 17.3. The van der Waals surface area contributed by atoms with Crippen LogP contribution in [0.4, 0.5) is 4.79 Å². The van der Waals surface area contributed by atoms with E-state index in [9.17, 15) is 14.7 Å². The predicted molar refractivity (Wildman–Crippen MR) is 114 cm³/mol. The molecule has 2 heterocycles. The van der Waals surface area contributed by atoms with E-state index in [0.29, 0.717) is 24.2 Å². The Kier molecular flexibility index (Phi) is 6.41. The van der Waals surface area contributed by atoms with Crippen LogP contribution in [0, 0.1) is 0 Å². The van der Waals surface area contributed by atoms with Crippen LogP contribution in [-0.4, -0.2) is 46.1 Å². The van der Waals surface area contributed by atoms with Crippen molar-refractivity contribution >= 4 is 23.0 Å². The summed E-state index contributed by atoms with van der Waals surface area (Å²) < 4.78 is 11.8. The third-order valence-electron chi connectivity index (χ3n) is 5.52. The van der Waals surface area contributed by atoms with Gasteiger partial charge in [0.15, 0.2) is 5.79 Å². The standard InChI is InChI=1S/C23H25NO5S/c25-21(17-9-5-2-6-10-17)28-19-13-18(12-11-16-7-3-1-4-8-16)29-23(27,14-19)20-15-30-22(26)24-20/h1-10,18-20,27H,11-15H2,(H,24,26)/t18-,19-,20+,23-/m1/s1. The Morgan fingerprint density at radius 2 is 1.87 bits per heavy atom. The molecule has 2 N–H and O–H groups in total. The Morgan fingerprint density at radius 3 is 2.53 bits per heavy atom. The summed E-state index contributed by atoms with van der Waals surface area (Å²) in [7, 11) is 0. The van der Waals surface area contributed by atoms with Gasteiger partial charge in [-0.2, -0.15) is 0 Å². The van der Waals surface area contributed by atoms with Crippen molar-refractivity contribution in [2.45, 2.75) is 49.7 Å². The van der Waals surface area contributed by atoms with Gasteiger partial charge in [-0.15, -0.1) is 0 Å². The molecule has 0 aromatic heterocycles. The number of thioether (sulfide) groups is 1. The first kappa shape index (κ1) is 20.9. The molecule has 0 saturated carbocycles. The molecule has 2 aliphatic heterocycles. The molecule has 0 aliphatic carbocycles. The van der Waals surface area contributed by atoms with Gasteiger partial charge in [0.05, 0.1) is 17.7 Å².